The highest BCUT2D eigenvalue weighted by atomic mass is 32.1. The summed E-state index contributed by atoms with van der Waals surface area (Å²) in [5.74, 6) is 0.395. The number of hydrogen-bond donors (Lipinski definition) is 1. The number of carbonyl (C=O) groups excluding carboxylic acids is 2. The van der Waals surface area contributed by atoms with Crippen molar-refractivity contribution in [3.63, 3.8) is 0 Å². The fourth-order valence-corrected chi connectivity index (χ4v) is 4.51. The summed E-state index contributed by atoms with van der Waals surface area (Å²) in [6, 6.07) is 10.1. The van der Waals surface area contributed by atoms with Gasteiger partial charge in [0.2, 0.25) is 0 Å². The van der Waals surface area contributed by atoms with E-state index in [0.29, 0.717) is 25.6 Å². The van der Waals surface area contributed by atoms with E-state index in [1.54, 1.807) is 4.90 Å². The highest BCUT2D eigenvalue weighted by molar-refractivity contribution is 7.08. The molecule has 2 heterocycles. The van der Waals surface area contributed by atoms with E-state index in [-0.39, 0.29) is 18.1 Å². The second-order valence-electron chi connectivity index (χ2n) is 7.34. The molecule has 27 heavy (non-hydrogen) atoms. The van der Waals surface area contributed by atoms with Gasteiger partial charge < -0.3 is 15.0 Å². The number of thiophene rings is 1. The Balaban J connectivity index is 1.19. The van der Waals surface area contributed by atoms with E-state index in [0.717, 1.165) is 31.2 Å². The predicted molar refractivity (Wildman–Crippen MR) is 105 cm³/mol. The fourth-order valence-electron chi connectivity index (χ4n) is 3.87. The van der Waals surface area contributed by atoms with Gasteiger partial charge in [0, 0.05) is 43.4 Å². The molecule has 0 saturated carbocycles. The smallest absolute Gasteiger partial charge is 0.410 e. The molecule has 4 rings (SSSR count). The Labute approximate surface area is 163 Å². The summed E-state index contributed by atoms with van der Waals surface area (Å²) in [6.07, 6.45) is 3.17. The van der Waals surface area contributed by atoms with Gasteiger partial charge in [0.15, 0.2) is 0 Å². The number of nitrogens with zero attached hydrogens (tertiary/aromatic N) is 1. The van der Waals surface area contributed by atoms with Gasteiger partial charge in [-0.25, -0.2) is 4.79 Å². The lowest BCUT2D eigenvalue weighted by atomic mass is 9.97. The second-order valence-corrected chi connectivity index (χ2v) is 8.12. The van der Waals surface area contributed by atoms with Crippen molar-refractivity contribution in [3.8, 4) is 0 Å². The van der Waals surface area contributed by atoms with Gasteiger partial charge in [-0.3, -0.25) is 4.79 Å². The summed E-state index contributed by atoms with van der Waals surface area (Å²) in [5.41, 5.74) is 3.30. The summed E-state index contributed by atoms with van der Waals surface area (Å²) in [6.45, 7) is 2.05. The van der Waals surface area contributed by atoms with Gasteiger partial charge in [0.1, 0.15) is 6.10 Å². The van der Waals surface area contributed by atoms with Crippen molar-refractivity contribution in [2.24, 2.45) is 5.92 Å². The zero-order chi connectivity index (χ0) is 18.6. The number of fused-ring (bicyclic) bond motifs is 1. The van der Waals surface area contributed by atoms with Crippen LogP contribution in [0.1, 0.15) is 34.3 Å². The number of benzene rings is 1. The Morgan fingerprint density at radius 2 is 1.81 bits per heavy atom. The van der Waals surface area contributed by atoms with Crippen molar-refractivity contribution in [2.75, 3.05) is 19.6 Å². The highest BCUT2D eigenvalue weighted by Gasteiger charge is 2.29. The van der Waals surface area contributed by atoms with Crippen LogP contribution in [-0.2, 0) is 17.6 Å². The number of rotatable bonds is 4. The summed E-state index contributed by atoms with van der Waals surface area (Å²) in [5, 5.41) is 6.76. The van der Waals surface area contributed by atoms with Crippen LogP contribution in [0.4, 0.5) is 4.79 Å². The van der Waals surface area contributed by atoms with Gasteiger partial charge in [0.25, 0.3) is 5.91 Å². The van der Waals surface area contributed by atoms with Gasteiger partial charge >= 0.3 is 6.09 Å². The monoisotopic (exact) mass is 384 g/mol. The standard InChI is InChI=1S/C21H24N2O3S/c24-20(18-7-10-27-14-18)22-13-15-5-8-23(9-6-15)21(25)26-19-11-16-3-1-2-4-17(16)12-19/h1-4,7,10,14-15,19H,5-6,8-9,11-13H2,(H,22,24). The van der Waals surface area contributed by atoms with Crippen molar-refractivity contribution < 1.29 is 14.3 Å². The fraction of sp³-hybridized carbons (Fsp3) is 0.429. The minimum absolute atomic E-state index is 0.0149. The molecule has 1 aromatic carbocycles. The Morgan fingerprint density at radius 3 is 2.44 bits per heavy atom. The molecule has 2 aliphatic rings. The van der Waals surface area contributed by atoms with Crippen molar-refractivity contribution in [3.05, 3.63) is 57.8 Å². The molecule has 6 heteroatoms. The number of nitrogens with one attached hydrogen (secondary N) is 1. The molecular weight excluding hydrogens is 360 g/mol. The molecule has 2 aromatic rings. The van der Waals surface area contributed by atoms with E-state index < -0.39 is 0 Å². The van der Waals surface area contributed by atoms with Crippen molar-refractivity contribution >= 4 is 23.3 Å². The summed E-state index contributed by atoms with van der Waals surface area (Å²) >= 11 is 1.52. The SMILES string of the molecule is O=C(NCC1CCN(C(=O)OC2Cc3ccccc3C2)CC1)c1ccsc1. The molecule has 0 unspecified atom stereocenters. The van der Waals surface area contributed by atoms with E-state index in [9.17, 15) is 9.59 Å². The predicted octanol–water partition coefficient (Wildman–Crippen LogP) is 3.49. The molecule has 1 saturated heterocycles. The number of carbonyl (C=O) groups is 2. The highest BCUT2D eigenvalue weighted by Crippen LogP contribution is 2.25. The van der Waals surface area contributed by atoms with Crippen LogP contribution >= 0.6 is 11.3 Å². The van der Waals surface area contributed by atoms with Crippen LogP contribution in [0.25, 0.3) is 0 Å². The van der Waals surface area contributed by atoms with Crippen LogP contribution in [0.2, 0.25) is 0 Å². The molecular formula is C21H24N2O3S. The Bertz CT molecular complexity index is 773. The Hall–Kier alpha value is -2.34. The molecule has 0 bridgehead atoms. The maximum absolute atomic E-state index is 12.5. The summed E-state index contributed by atoms with van der Waals surface area (Å²) < 4.78 is 5.73. The zero-order valence-electron chi connectivity index (χ0n) is 15.2. The van der Waals surface area contributed by atoms with E-state index in [1.807, 2.05) is 29.0 Å². The first-order chi connectivity index (χ1) is 13.2. The van der Waals surface area contributed by atoms with Gasteiger partial charge in [-0.15, -0.1) is 0 Å². The first kappa shape index (κ1) is 18.0. The first-order valence-corrected chi connectivity index (χ1v) is 10.5. The van der Waals surface area contributed by atoms with Crippen LogP contribution in [0.15, 0.2) is 41.1 Å². The summed E-state index contributed by atoms with van der Waals surface area (Å²) in [4.78, 5) is 26.3. The Morgan fingerprint density at radius 1 is 1.11 bits per heavy atom. The average molecular weight is 385 g/mol. The molecule has 1 aliphatic heterocycles. The topological polar surface area (TPSA) is 58.6 Å². The molecule has 1 aromatic heterocycles. The number of hydrogen-bond acceptors (Lipinski definition) is 4. The van der Waals surface area contributed by atoms with Gasteiger partial charge in [-0.05, 0) is 41.3 Å². The largest absolute Gasteiger partial charge is 0.445 e. The summed E-state index contributed by atoms with van der Waals surface area (Å²) in [7, 11) is 0. The Kier molecular flexibility index (Phi) is 5.43. The zero-order valence-corrected chi connectivity index (χ0v) is 16.0. The molecule has 142 valence electrons. The second kappa shape index (κ2) is 8.13. The number of amides is 2. The van der Waals surface area contributed by atoms with E-state index in [4.69, 9.17) is 4.74 Å². The van der Waals surface area contributed by atoms with Gasteiger partial charge in [-0.1, -0.05) is 24.3 Å². The molecule has 0 radical (unpaired) electrons. The van der Waals surface area contributed by atoms with Crippen LogP contribution < -0.4 is 5.32 Å². The van der Waals surface area contributed by atoms with E-state index in [1.165, 1.54) is 22.5 Å². The van der Waals surface area contributed by atoms with Crippen molar-refractivity contribution in [1.29, 1.82) is 0 Å². The average Bonchev–Trinajstić information content (AvgIpc) is 3.35. The number of likely N-dealkylation sites (tertiary alicyclic amines) is 1. The minimum atomic E-state index is -0.200. The lowest BCUT2D eigenvalue weighted by Crippen LogP contribution is -2.42. The third kappa shape index (κ3) is 4.33. The molecule has 2 amide bonds. The minimum Gasteiger partial charge on any atom is -0.445 e. The van der Waals surface area contributed by atoms with Crippen molar-refractivity contribution in [2.45, 2.75) is 31.8 Å². The van der Waals surface area contributed by atoms with Crippen LogP contribution in [0.5, 0.6) is 0 Å². The van der Waals surface area contributed by atoms with E-state index in [2.05, 4.69) is 17.4 Å². The molecule has 1 fully saturated rings. The maximum atomic E-state index is 12.5. The van der Waals surface area contributed by atoms with E-state index >= 15 is 0 Å². The first-order valence-electron chi connectivity index (χ1n) is 9.52. The van der Waals surface area contributed by atoms with Crippen LogP contribution in [0.3, 0.4) is 0 Å². The lowest BCUT2D eigenvalue weighted by molar-refractivity contribution is 0.0560. The molecule has 1 N–H and O–H groups in total. The number of ether oxygens (including phenoxy) is 1. The molecule has 1 aliphatic carbocycles. The molecule has 5 nitrogen and oxygen atoms in total. The molecule has 0 spiro atoms. The number of piperidine rings is 1. The maximum Gasteiger partial charge on any atom is 0.410 e. The van der Waals surface area contributed by atoms with Gasteiger partial charge in [-0.2, -0.15) is 11.3 Å². The van der Waals surface area contributed by atoms with Crippen LogP contribution in [0, 0.1) is 5.92 Å². The quantitative estimate of drug-likeness (QED) is 0.878. The van der Waals surface area contributed by atoms with Crippen LogP contribution in [-0.4, -0.2) is 42.6 Å². The lowest BCUT2D eigenvalue weighted by Gasteiger charge is -2.32. The normalized spacial score (nSPS) is 17.6. The van der Waals surface area contributed by atoms with Gasteiger partial charge in [0.05, 0.1) is 0 Å². The third-order valence-electron chi connectivity index (χ3n) is 5.49. The molecule has 0 atom stereocenters. The third-order valence-corrected chi connectivity index (χ3v) is 6.17. The van der Waals surface area contributed by atoms with Crippen molar-refractivity contribution in [1.82, 2.24) is 10.2 Å².